The Morgan fingerprint density at radius 1 is 1.00 bits per heavy atom. The molecule has 0 aromatic heterocycles. The number of nitrogens with zero attached hydrogens (tertiary/aromatic N) is 1. The number of hydrogen-bond acceptors (Lipinski definition) is 1. The predicted octanol–water partition coefficient (Wildman–Crippen LogP) is 4.53. The minimum absolute atomic E-state index is 0.0464. The summed E-state index contributed by atoms with van der Waals surface area (Å²) in [4.78, 5) is 14.0. The van der Waals surface area contributed by atoms with Gasteiger partial charge in [-0.15, -0.1) is 0 Å². The van der Waals surface area contributed by atoms with E-state index in [1.807, 2.05) is 61.5 Å². The maximum absolute atomic E-state index is 12.3. The number of benzene rings is 2. The molecule has 0 aliphatic heterocycles. The number of hydrogen-bond donors (Lipinski definition) is 0. The molecule has 0 bridgehead atoms. The van der Waals surface area contributed by atoms with Gasteiger partial charge in [-0.05, 0) is 72.0 Å². The van der Waals surface area contributed by atoms with Gasteiger partial charge in [0.1, 0.15) is 0 Å². The van der Waals surface area contributed by atoms with Crippen LogP contribution in [0.2, 0.25) is 0 Å². The second kappa shape index (κ2) is 6.52. The first-order chi connectivity index (χ1) is 9.22. The molecule has 0 saturated heterocycles. The topological polar surface area (TPSA) is 20.3 Å². The number of anilines is 2. The smallest absolute Gasteiger partial charge is 0.255 e. The average Bonchev–Trinajstić information content (AvgIpc) is 2.43. The number of rotatable bonds is 3. The molecule has 1 amide bonds. The molecule has 0 radical (unpaired) electrons. The van der Waals surface area contributed by atoms with Crippen molar-refractivity contribution >= 4 is 39.9 Å². The van der Waals surface area contributed by atoms with Crippen LogP contribution in [0.4, 0.5) is 11.4 Å². The molecular weight excluding hydrogens is 349 g/mol. The molecule has 3 heteroatoms. The summed E-state index contributed by atoms with van der Waals surface area (Å²) in [6.07, 6.45) is 3.33. The lowest BCUT2D eigenvalue weighted by Crippen LogP contribution is -2.23. The van der Waals surface area contributed by atoms with Crippen LogP contribution in [0.3, 0.4) is 0 Å². The summed E-state index contributed by atoms with van der Waals surface area (Å²) < 4.78 is 1.15. The highest BCUT2D eigenvalue weighted by Gasteiger charge is 2.14. The van der Waals surface area contributed by atoms with Crippen molar-refractivity contribution in [2.75, 3.05) is 4.90 Å². The van der Waals surface area contributed by atoms with Gasteiger partial charge in [-0.25, -0.2) is 0 Å². The number of allylic oxidation sites excluding steroid dienone is 1. The molecule has 0 spiro atoms. The van der Waals surface area contributed by atoms with Crippen molar-refractivity contribution < 1.29 is 4.79 Å². The molecule has 96 valence electrons. The first-order valence-corrected chi connectivity index (χ1v) is 7.07. The van der Waals surface area contributed by atoms with Crippen LogP contribution in [0.1, 0.15) is 6.92 Å². The van der Waals surface area contributed by atoms with E-state index >= 15 is 0 Å². The lowest BCUT2D eigenvalue weighted by molar-refractivity contribution is -0.113. The van der Waals surface area contributed by atoms with E-state index in [9.17, 15) is 4.79 Å². The second-order valence-electron chi connectivity index (χ2n) is 3.99. The monoisotopic (exact) mass is 363 g/mol. The van der Waals surface area contributed by atoms with Crippen LogP contribution in [0.25, 0.3) is 0 Å². The molecule has 2 aromatic rings. The molecule has 0 aliphatic rings. The average molecular weight is 363 g/mol. The fourth-order valence-corrected chi connectivity index (χ4v) is 2.15. The highest BCUT2D eigenvalue weighted by Crippen LogP contribution is 2.26. The molecule has 0 atom stereocenters. The molecule has 0 aliphatic carbocycles. The van der Waals surface area contributed by atoms with Gasteiger partial charge < -0.3 is 0 Å². The Bertz CT molecular complexity index is 575. The summed E-state index contributed by atoms with van der Waals surface area (Å²) in [6, 6.07) is 17.6. The third kappa shape index (κ3) is 3.44. The van der Waals surface area contributed by atoms with Crippen molar-refractivity contribution in [3.05, 3.63) is 70.3 Å². The molecule has 2 nitrogen and oxygen atoms in total. The third-order valence-corrected chi connectivity index (χ3v) is 3.35. The van der Waals surface area contributed by atoms with Gasteiger partial charge in [-0.1, -0.05) is 24.3 Å². The van der Waals surface area contributed by atoms with Crippen molar-refractivity contribution in [1.29, 1.82) is 0 Å². The van der Waals surface area contributed by atoms with E-state index in [0.717, 1.165) is 14.9 Å². The molecular formula is C16H14INO. The van der Waals surface area contributed by atoms with Crippen LogP contribution in [0.15, 0.2) is 66.7 Å². The lowest BCUT2D eigenvalue weighted by atomic mass is 10.2. The standard InChI is InChI=1S/C16H14INO/c1-2-6-16(19)18(14-7-4-3-5-8-14)15-11-9-13(17)10-12-15/h2-12H,1H3. The number of halogens is 1. The molecule has 19 heavy (non-hydrogen) atoms. The van der Waals surface area contributed by atoms with Gasteiger partial charge in [0.15, 0.2) is 0 Å². The molecule has 0 unspecified atom stereocenters. The number of para-hydroxylation sites is 1. The van der Waals surface area contributed by atoms with Crippen LogP contribution < -0.4 is 4.90 Å². The van der Waals surface area contributed by atoms with Crippen LogP contribution in [0, 0.1) is 3.57 Å². The molecule has 0 N–H and O–H groups in total. The zero-order valence-electron chi connectivity index (χ0n) is 10.6. The van der Waals surface area contributed by atoms with Gasteiger partial charge in [0.25, 0.3) is 5.91 Å². The van der Waals surface area contributed by atoms with Crippen LogP contribution >= 0.6 is 22.6 Å². The zero-order valence-corrected chi connectivity index (χ0v) is 12.7. The van der Waals surface area contributed by atoms with Gasteiger partial charge in [0.2, 0.25) is 0 Å². The van der Waals surface area contributed by atoms with E-state index in [0.29, 0.717) is 0 Å². The first-order valence-electron chi connectivity index (χ1n) is 6.00. The Labute approximate surface area is 126 Å². The fourth-order valence-electron chi connectivity index (χ4n) is 1.79. The largest absolute Gasteiger partial charge is 0.278 e. The van der Waals surface area contributed by atoms with Gasteiger partial charge in [0.05, 0.1) is 0 Å². The number of carbonyl (C=O) groups excluding carboxylic acids is 1. The minimum Gasteiger partial charge on any atom is -0.278 e. The fraction of sp³-hybridized carbons (Fsp3) is 0.0625. The Balaban J connectivity index is 2.45. The van der Waals surface area contributed by atoms with E-state index in [1.54, 1.807) is 17.1 Å². The number of amides is 1. The Morgan fingerprint density at radius 2 is 1.58 bits per heavy atom. The molecule has 2 aromatic carbocycles. The van der Waals surface area contributed by atoms with Crippen LogP contribution in [-0.4, -0.2) is 5.91 Å². The molecule has 0 fully saturated rings. The van der Waals surface area contributed by atoms with Gasteiger partial charge >= 0.3 is 0 Å². The van der Waals surface area contributed by atoms with E-state index < -0.39 is 0 Å². The van der Waals surface area contributed by atoms with Crippen LogP contribution in [0.5, 0.6) is 0 Å². The first kappa shape index (κ1) is 13.8. The second-order valence-corrected chi connectivity index (χ2v) is 5.23. The zero-order chi connectivity index (χ0) is 13.7. The van der Waals surface area contributed by atoms with Crippen molar-refractivity contribution in [1.82, 2.24) is 0 Å². The van der Waals surface area contributed by atoms with E-state index in [2.05, 4.69) is 22.6 Å². The summed E-state index contributed by atoms with van der Waals surface area (Å²) in [5, 5.41) is 0. The molecule has 0 heterocycles. The summed E-state index contributed by atoms with van der Waals surface area (Å²) in [5.41, 5.74) is 1.74. The number of carbonyl (C=O) groups is 1. The summed E-state index contributed by atoms with van der Waals surface area (Å²) in [5.74, 6) is -0.0464. The van der Waals surface area contributed by atoms with Crippen LogP contribution in [-0.2, 0) is 4.79 Å². The predicted molar refractivity (Wildman–Crippen MR) is 87.6 cm³/mol. The lowest BCUT2D eigenvalue weighted by Gasteiger charge is -2.21. The van der Waals surface area contributed by atoms with Crippen molar-refractivity contribution in [2.45, 2.75) is 6.92 Å². The highest BCUT2D eigenvalue weighted by molar-refractivity contribution is 14.1. The minimum atomic E-state index is -0.0464. The van der Waals surface area contributed by atoms with Gasteiger partial charge in [-0.2, -0.15) is 0 Å². The molecule has 0 saturated carbocycles. The van der Waals surface area contributed by atoms with Crippen molar-refractivity contribution in [2.24, 2.45) is 0 Å². The van der Waals surface area contributed by atoms with Crippen molar-refractivity contribution in [3.8, 4) is 0 Å². The molecule has 2 rings (SSSR count). The summed E-state index contributed by atoms with van der Waals surface area (Å²) >= 11 is 2.25. The Kier molecular flexibility index (Phi) is 4.74. The maximum atomic E-state index is 12.3. The summed E-state index contributed by atoms with van der Waals surface area (Å²) in [6.45, 7) is 1.84. The SMILES string of the molecule is CC=CC(=O)N(c1ccccc1)c1ccc(I)cc1. The highest BCUT2D eigenvalue weighted by atomic mass is 127. The van der Waals surface area contributed by atoms with E-state index in [4.69, 9.17) is 0 Å². The van der Waals surface area contributed by atoms with Crippen molar-refractivity contribution in [3.63, 3.8) is 0 Å². The summed E-state index contributed by atoms with van der Waals surface area (Å²) in [7, 11) is 0. The van der Waals surface area contributed by atoms with E-state index in [1.165, 1.54) is 0 Å². The maximum Gasteiger partial charge on any atom is 0.255 e. The quantitative estimate of drug-likeness (QED) is 0.580. The Morgan fingerprint density at radius 3 is 2.16 bits per heavy atom. The van der Waals surface area contributed by atoms with Gasteiger partial charge in [-0.3, -0.25) is 9.69 Å². The normalized spacial score (nSPS) is 10.6. The Hall–Kier alpha value is -1.62. The third-order valence-electron chi connectivity index (χ3n) is 2.63. The van der Waals surface area contributed by atoms with Gasteiger partial charge in [0, 0.05) is 14.9 Å². The van der Waals surface area contributed by atoms with E-state index in [-0.39, 0.29) is 5.91 Å².